The number of hydrogen-bond donors (Lipinski definition) is 1. The topological polar surface area (TPSA) is 47.1 Å². The SMILES string of the molecule is CCCCN1CCn2c(nc3cc(N)ccc32)C1. The molecule has 4 heteroatoms. The zero-order chi connectivity index (χ0) is 12.5. The fourth-order valence-electron chi connectivity index (χ4n) is 2.66. The number of imidazole rings is 1. The molecule has 1 aliphatic heterocycles. The Balaban J connectivity index is 1.90. The second-order valence-electron chi connectivity index (χ2n) is 5.06. The molecule has 2 aromatic rings. The van der Waals surface area contributed by atoms with Crippen molar-refractivity contribution in [2.45, 2.75) is 32.9 Å². The van der Waals surface area contributed by atoms with E-state index < -0.39 is 0 Å². The molecular formula is C14H20N4. The standard InChI is InChI=1S/C14H20N4/c1-2-3-6-17-7-8-18-13-5-4-11(15)9-12(13)16-14(18)10-17/h4-5,9H,2-3,6-8,10,15H2,1H3. The lowest BCUT2D eigenvalue weighted by Crippen LogP contribution is -2.34. The van der Waals surface area contributed by atoms with E-state index in [1.807, 2.05) is 12.1 Å². The second-order valence-corrected chi connectivity index (χ2v) is 5.06. The van der Waals surface area contributed by atoms with Crippen molar-refractivity contribution in [1.82, 2.24) is 14.5 Å². The maximum absolute atomic E-state index is 5.82. The largest absolute Gasteiger partial charge is 0.399 e. The molecule has 2 N–H and O–H groups in total. The van der Waals surface area contributed by atoms with Crippen LogP contribution < -0.4 is 5.73 Å². The van der Waals surface area contributed by atoms with Gasteiger partial charge < -0.3 is 10.3 Å². The predicted octanol–water partition coefficient (Wildman–Crippen LogP) is 2.23. The number of fused-ring (bicyclic) bond motifs is 3. The average molecular weight is 244 g/mol. The summed E-state index contributed by atoms with van der Waals surface area (Å²) >= 11 is 0. The highest BCUT2D eigenvalue weighted by atomic mass is 15.2. The van der Waals surface area contributed by atoms with Crippen molar-refractivity contribution in [3.8, 4) is 0 Å². The number of nitrogen functional groups attached to an aromatic ring is 1. The minimum absolute atomic E-state index is 0.792. The molecule has 0 atom stereocenters. The molecule has 4 nitrogen and oxygen atoms in total. The molecule has 96 valence electrons. The third kappa shape index (κ3) is 1.97. The molecule has 1 aliphatic rings. The van der Waals surface area contributed by atoms with Gasteiger partial charge in [-0.3, -0.25) is 4.90 Å². The van der Waals surface area contributed by atoms with Gasteiger partial charge in [0.15, 0.2) is 0 Å². The van der Waals surface area contributed by atoms with Crippen molar-refractivity contribution < 1.29 is 0 Å². The summed E-state index contributed by atoms with van der Waals surface area (Å²) in [6.45, 7) is 6.56. The molecule has 2 heterocycles. The Labute approximate surface area is 107 Å². The molecule has 18 heavy (non-hydrogen) atoms. The molecule has 0 bridgehead atoms. The lowest BCUT2D eigenvalue weighted by Gasteiger charge is -2.27. The van der Waals surface area contributed by atoms with Gasteiger partial charge in [-0.2, -0.15) is 0 Å². The molecule has 0 saturated carbocycles. The van der Waals surface area contributed by atoms with Gasteiger partial charge >= 0.3 is 0 Å². The van der Waals surface area contributed by atoms with Gasteiger partial charge in [0.05, 0.1) is 17.6 Å². The number of rotatable bonds is 3. The van der Waals surface area contributed by atoms with E-state index in [2.05, 4.69) is 22.5 Å². The summed E-state index contributed by atoms with van der Waals surface area (Å²) in [7, 11) is 0. The van der Waals surface area contributed by atoms with Crippen molar-refractivity contribution >= 4 is 16.7 Å². The van der Waals surface area contributed by atoms with Crippen molar-refractivity contribution in [2.75, 3.05) is 18.8 Å². The van der Waals surface area contributed by atoms with Crippen molar-refractivity contribution in [3.63, 3.8) is 0 Å². The van der Waals surface area contributed by atoms with Gasteiger partial charge in [-0.25, -0.2) is 4.98 Å². The van der Waals surface area contributed by atoms with Gasteiger partial charge in [0, 0.05) is 18.8 Å². The molecule has 0 amide bonds. The molecule has 1 aromatic heterocycles. The number of nitrogens with two attached hydrogens (primary N) is 1. The Bertz CT molecular complexity index is 558. The summed E-state index contributed by atoms with van der Waals surface area (Å²) in [5, 5.41) is 0. The second kappa shape index (κ2) is 4.61. The van der Waals surface area contributed by atoms with E-state index in [4.69, 9.17) is 10.7 Å². The molecule has 1 aromatic carbocycles. The predicted molar refractivity (Wildman–Crippen MR) is 74.3 cm³/mol. The highest BCUT2D eigenvalue weighted by molar-refractivity contribution is 5.79. The van der Waals surface area contributed by atoms with Gasteiger partial charge in [-0.1, -0.05) is 13.3 Å². The maximum Gasteiger partial charge on any atom is 0.124 e. The van der Waals surface area contributed by atoms with Gasteiger partial charge in [-0.15, -0.1) is 0 Å². The van der Waals surface area contributed by atoms with Crippen LogP contribution in [0.5, 0.6) is 0 Å². The van der Waals surface area contributed by atoms with Crippen molar-refractivity contribution in [3.05, 3.63) is 24.0 Å². The van der Waals surface area contributed by atoms with E-state index in [9.17, 15) is 0 Å². The number of aromatic nitrogens is 2. The number of nitrogens with zero attached hydrogens (tertiary/aromatic N) is 3. The van der Waals surface area contributed by atoms with Crippen LogP contribution >= 0.6 is 0 Å². The number of hydrogen-bond acceptors (Lipinski definition) is 3. The molecule has 0 aliphatic carbocycles. The van der Waals surface area contributed by atoms with Gasteiger partial charge in [0.25, 0.3) is 0 Å². The Morgan fingerprint density at radius 1 is 1.33 bits per heavy atom. The average Bonchev–Trinajstić information content (AvgIpc) is 2.72. The summed E-state index contributed by atoms with van der Waals surface area (Å²) in [6, 6.07) is 6.01. The quantitative estimate of drug-likeness (QED) is 0.842. The van der Waals surface area contributed by atoms with Gasteiger partial charge in [0.1, 0.15) is 5.82 Å². The fourth-order valence-corrected chi connectivity index (χ4v) is 2.66. The van der Waals surface area contributed by atoms with Crippen LogP contribution in [0.2, 0.25) is 0 Å². The molecule has 0 radical (unpaired) electrons. The summed E-state index contributed by atoms with van der Waals surface area (Å²) < 4.78 is 2.33. The van der Waals surface area contributed by atoms with Crippen LogP contribution in [0.15, 0.2) is 18.2 Å². The van der Waals surface area contributed by atoms with E-state index in [-0.39, 0.29) is 0 Å². The van der Waals surface area contributed by atoms with Crippen LogP contribution in [0.1, 0.15) is 25.6 Å². The molecule has 3 rings (SSSR count). The first-order valence-electron chi connectivity index (χ1n) is 6.75. The Morgan fingerprint density at radius 2 is 2.22 bits per heavy atom. The third-order valence-electron chi connectivity index (χ3n) is 3.68. The Morgan fingerprint density at radius 3 is 3.06 bits per heavy atom. The van der Waals surface area contributed by atoms with Gasteiger partial charge in [0.2, 0.25) is 0 Å². The zero-order valence-corrected chi connectivity index (χ0v) is 10.9. The fraction of sp³-hybridized carbons (Fsp3) is 0.500. The van der Waals surface area contributed by atoms with E-state index in [0.29, 0.717) is 0 Å². The number of anilines is 1. The normalized spacial score (nSPS) is 16.1. The van der Waals surface area contributed by atoms with E-state index in [0.717, 1.165) is 30.8 Å². The first-order valence-corrected chi connectivity index (χ1v) is 6.75. The minimum Gasteiger partial charge on any atom is -0.399 e. The molecule has 0 fully saturated rings. The van der Waals surface area contributed by atoms with Crippen LogP contribution in [-0.4, -0.2) is 27.5 Å². The van der Waals surface area contributed by atoms with Crippen LogP contribution in [0.4, 0.5) is 5.69 Å². The van der Waals surface area contributed by atoms with Crippen molar-refractivity contribution in [2.24, 2.45) is 0 Å². The highest BCUT2D eigenvalue weighted by Crippen LogP contribution is 2.22. The minimum atomic E-state index is 0.792. The first-order chi connectivity index (χ1) is 8.78. The Hall–Kier alpha value is -1.55. The van der Waals surface area contributed by atoms with Crippen LogP contribution in [0.25, 0.3) is 11.0 Å². The summed E-state index contributed by atoms with van der Waals surface area (Å²) in [5.41, 5.74) is 8.85. The monoisotopic (exact) mass is 244 g/mol. The van der Waals surface area contributed by atoms with E-state index in [1.54, 1.807) is 0 Å². The van der Waals surface area contributed by atoms with Gasteiger partial charge in [-0.05, 0) is 31.2 Å². The van der Waals surface area contributed by atoms with Crippen molar-refractivity contribution in [1.29, 1.82) is 0 Å². The van der Waals surface area contributed by atoms with E-state index in [1.165, 1.54) is 30.7 Å². The zero-order valence-electron chi connectivity index (χ0n) is 10.9. The smallest absolute Gasteiger partial charge is 0.124 e. The summed E-state index contributed by atoms with van der Waals surface area (Å²) in [6.07, 6.45) is 2.52. The molecule has 0 saturated heterocycles. The molecular weight excluding hydrogens is 224 g/mol. The Kier molecular flexibility index (Phi) is 2.96. The highest BCUT2D eigenvalue weighted by Gasteiger charge is 2.19. The van der Waals surface area contributed by atoms with Crippen LogP contribution in [0, 0.1) is 0 Å². The third-order valence-corrected chi connectivity index (χ3v) is 3.68. The van der Waals surface area contributed by atoms with Crippen LogP contribution in [-0.2, 0) is 13.1 Å². The summed E-state index contributed by atoms with van der Waals surface area (Å²) in [5.74, 6) is 1.18. The molecule has 0 spiro atoms. The lowest BCUT2D eigenvalue weighted by molar-refractivity contribution is 0.216. The summed E-state index contributed by atoms with van der Waals surface area (Å²) in [4.78, 5) is 7.21. The number of benzene rings is 1. The lowest BCUT2D eigenvalue weighted by atomic mass is 10.2. The first kappa shape index (κ1) is 11.5. The molecule has 0 unspecified atom stereocenters. The number of unbranched alkanes of at least 4 members (excludes halogenated alkanes) is 1. The maximum atomic E-state index is 5.82. The van der Waals surface area contributed by atoms with E-state index >= 15 is 0 Å². The van der Waals surface area contributed by atoms with Crippen LogP contribution in [0.3, 0.4) is 0 Å².